The van der Waals surface area contributed by atoms with E-state index < -0.39 is 17.8 Å². The van der Waals surface area contributed by atoms with Gasteiger partial charge in [-0.1, -0.05) is 23.7 Å². The van der Waals surface area contributed by atoms with Crippen LogP contribution in [0.1, 0.15) is 11.7 Å². The van der Waals surface area contributed by atoms with Crippen LogP contribution in [0.3, 0.4) is 0 Å². The van der Waals surface area contributed by atoms with Crippen molar-refractivity contribution in [1.82, 2.24) is 0 Å². The van der Waals surface area contributed by atoms with E-state index in [1.54, 1.807) is 18.2 Å². The molecule has 0 saturated heterocycles. The van der Waals surface area contributed by atoms with Crippen LogP contribution in [0.5, 0.6) is 5.75 Å². The van der Waals surface area contributed by atoms with E-state index in [1.165, 1.54) is 25.3 Å². The Hall–Kier alpha value is -2.11. The number of amides is 1. The summed E-state index contributed by atoms with van der Waals surface area (Å²) in [4.78, 5) is 12.0. The van der Waals surface area contributed by atoms with Gasteiger partial charge < -0.3 is 15.2 Å². The quantitative estimate of drug-likeness (QED) is 0.912. The molecular weight excluding hydrogens is 297 g/mol. The van der Waals surface area contributed by atoms with Gasteiger partial charge in [0.05, 0.1) is 17.8 Å². The molecule has 110 valence electrons. The molecule has 2 aromatic carbocycles. The van der Waals surface area contributed by atoms with Crippen LogP contribution in [0.4, 0.5) is 10.1 Å². The van der Waals surface area contributed by atoms with Crippen molar-refractivity contribution in [2.24, 2.45) is 0 Å². The zero-order chi connectivity index (χ0) is 15.4. The summed E-state index contributed by atoms with van der Waals surface area (Å²) in [5.74, 6) is -0.732. The van der Waals surface area contributed by atoms with Crippen LogP contribution in [0, 0.1) is 5.82 Å². The van der Waals surface area contributed by atoms with Crippen molar-refractivity contribution in [3.8, 4) is 5.75 Å². The molecule has 0 saturated carbocycles. The van der Waals surface area contributed by atoms with Gasteiger partial charge in [-0.05, 0) is 35.9 Å². The smallest absolute Gasteiger partial charge is 0.257 e. The fraction of sp³-hybridized carbons (Fsp3) is 0.133. The highest BCUT2D eigenvalue weighted by Gasteiger charge is 2.19. The molecule has 1 amide bonds. The van der Waals surface area contributed by atoms with Crippen LogP contribution >= 0.6 is 11.6 Å². The van der Waals surface area contributed by atoms with Gasteiger partial charge in [-0.2, -0.15) is 0 Å². The topological polar surface area (TPSA) is 58.6 Å². The summed E-state index contributed by atoms with van der Waals surface area (Å²) < 4.78 is 18.2. The minimum atomic E-state index is -1.42. The maximum absolute atomic E-state index is 13.1. The first-order valence-corrected chi connectivity index (χ1v) is 6.47. The fourth-order valence-corrected chi connectivity index (χ4v) is 1.92. The van der Waals surface area contributed by atoms with Crippen LogP contribution in [0.25, 0.3) is 0 Å². The third kappa shape index (κ3) is 3.71. The zero-order valence-electron chi connectivity index (χ0n) is 11.1. The van der Waals surface area contributed by atoms with Crippen molar-refractivity contribution in [1.29, 1.82) is 0 Å². The average Bonchev–Trinajstić information content (AvgIpc) is 2.50. The Kier molecular flexibility index (Phi) is 4.77. The molecule has 2 rings (SSSR count). The minimum absolute atomic E-state index is 0.101. The van der Waals surface area contributed by atoms with E-state index in [9.17, 15) is 14.3 Å². The van der Waals surface area contributed by atoms with E-state index in [4.69, 9.17) is 16.3 Å². The Bertz CT molecular complexity index is 663. The molecule has 4 nitrogen and oxygen atoms in total. The predicted molar refractivity (Wildman–Crippen MR) is 78.0 cm³/mol. The lowest BCUT2D eigenvalue weighted by Crippen LogP contribution is -2.21. The number of carbonyl (C=O) groups excluding carboxylic acids is 1. The summed E-state index contributed by atoms with van der Waals surface area (Å²) in [6.45, 7) is 0. The molecule has 0 bridgehead atoms. The first-order valence-electron chi connectivity index (χ1n) is 6.09. The first kappa shape index (κ1) is 15.3. The van der Waals surface area contributed by atoms with Crippen molar-refractivity contribution in [3.63, 3.8) is 0 Å². The number of carbonyl (C=O) groups is 1. The Morgan fingerprint density at radius 2 is 2.10 bits per heavy atom. The van der Waals surface area contributed by atoms with Crippen molar-refractivity contribution in [2.75, 3.05) is 12.4 Å². The van der Waals surface area contributed by atoms with Gasteiger partial charge in [0.15, 0.2) is 6.10 Å². The number of halogens is 2. The largest absolute Gasteiger partial charge is 0.497 e. The molecule has 2 aromatic rings. The molecule has 1 atom stereocenters. The number of aliphatic hydroxyl groups is 1. The highest BCUT2D eigenvalue weighted by Crippen LogP contribution is 2.25. The lowest BCUT2D eigenvalue weighted by atomic mass is 10.1. The number of benzene rings is 2. The average molecular weight is 310 g/mol. The Morgan fingerprint density at radius 3 is 2.81 bits per heavy atom. The maximum atomic E-state index is 13.1. The number of methoxy groups -OCH3 is 1. The van der Waals surface area contributed by atoms with Gasteiger partial charge in [-0.15, -0.1) is 0 Å². The summed E-state index contributed by atoms with van der Waals surface area (Å²) in [5, 5.41) is 12.6. The second-order valence-corrected chi connectivity index (χ2v) is 4.70. The summed E-state index contributed by atoms with van der Waals surface area (Å²) in [6.07, 6.45) is -1.42. The molecule has 1 unspecified atom stereocenters. The number of hydrogen-bond acceptors (Lipinski definition) is 3. The number of nitrogens with one attached hydrogen (secondary N) is 1. The predicted octanol–water partition coefficient (Wildman–Crippen LogP) is 3.16. The minimum Gasteiger partial charge on any atom is -0.497 e. The molecule has 0 radical (unpaired) electrons. The molecule has 0 aliphatic heterocycles. The van der Waals surface area contributed by atoms with Gasteiger partial charge >= 0.3 is 0 Å². The third-order valence-electron chi connectivity index (χ3n) is 2.84. The molecular formula is C15H13ClFNO3. The molecule has 0 fully saturated rings. The second-order valence-electron chi connectivity index (χ2n) is 4.29. The highest BCUT2D eigenvalue weighted by atomic mass is 35.5. The lowest BCUT2D eigenvalue weighted by molar-refractivity contribution is -0.124. The zero-order valence-corrected chi connectivity index (χ0v) is 11.9. The molecule has 0 aromatic heterocycles. The second kappa shape index (κ2) is 6.56. The summed E-state index contributed by atoms with van der Waals surface area (Å²) in [5.41, 5.74) is 0.461. The van der Waals surface area contributed by atoms with Gasteiger partial charge in [0.2, 0.25) is 0 Å². The van der Waals surface area contributed by atoms with Crippen LogP contribution < -0.4 is 10.1 Å². The monoisotopic (exact) mass is 309 g/mol. The molecule has 2 N–H and O–H groups in total. The van der Waals surface area contributed by atoms with Crippen molar-refractivity contribution < 1.29 is 19.0 Å². The van der Waals surface area contributed by atoms with Crippen LogP contribution in [-0.4, -0.2) is 18.1 Å². The van der Waals surface area contributed by atoms with Crippen molar-refractivity contribution in [2.45, 2.75) is 6.10 Å². The van der Waals surface area contributed by atoms with E-state index in [0.29, 0.717) is 11.3 Å². The highest BCUT2D eigenvalue weighted by molar-refractivity contribution is 6.33. The Labute approximate surface area is 126 Å². The molecule has 0 heterocycles. The van der Waals surface area contributed by atoms with Crippen LogP contribution in [0.2, 0.25) is 5.02 Å². The van der Waals surface area contributed by atoms with E-state index in [0.717, 1.165) is 6.07 Å². The number of rotatable bonds is 4. The van der Waals surface area contributed by atoms with Gasteiger partial charge in [0.25, 0.3) is 5.91 Å². The van der Waals surface area contributed by atoms with E-state index >= 15 is 0 Å². The summed E-state index contributed by atoms with van der Waals surface area (Å²) >= 11 is 5.86. The summed E-state index contributed by atoms with van der Waals surface area (Å²) in [6, 6.07) is 10.0. The SMILES string of the molecule is COc1cccc(C(O)C(=O)Nc2cc(F)ccc2Cl)c1. The number of anilines is 1. The Morgan fingerprint density at radius 1 is 1.33 bits per heavy atom. The molecule has 0 spiro atoms. The van der Waals surface area contributed by atoms with Gasteiger partial charge in [-0.25, -0.2) is 4.39 Å². The Balaban J connectivity index is 2.17. The van der Waals surface area contributed by atoms with E-state index in [1.807, 2.05) is 0 Å². The standard InChI is InChI=1S/C15H13ClFNO3/c1-21-11-4-2-3-9(7-11)14(19)15(20)18-13-8-10(17)5-6-12(13)16/h2-8,14,19H,1H3,(H,18,20). The van der Waals surface area contributed by atoms with Gasteiger partial charge in [0, 0.05) is 0 Å². The van der Waals surface area contributed by atoms with Crippen molar-refractivity contribution >= 4 is 23.2 Å². The fourth-order valence-electron chi connectivity index (χ4n) is 1.76. The maximum Gasteiger partial charge on any atom is 0.257 e. The van der Waals surface area contributed by atoms with E-state index in [2.05, 4.69) is 5.32 Å². The normalized spacial score (nSPS) is 11.8. The molecule has 0 aliphatic carbocycles. The van der Waals surface area contributed by atoms with Gasteiger partial charge in [-0.3, -0.25) is 4.79 Å². The summed E-state index contributed by atoms with van der Waals surface area (Å²) in [7, 11) is 1.48. The van der Waals surface area contributed by atoms with Crippen LogP contribution in [0.15, 0.2) is 42.5 Å². The van der Waals surface area contributed by atoms with Crippen molar-refractivity contribution in [3.05, 3.63) is 58.9 Å². The lowest BCUT2D eigenvalue weighted by Gasteiger charge is -2.13. The van der Waals surface area contributed by atoms with Crippen LogP contribution in [-0.2, 0) is 4.79 Å². The number of hydrogen-bond donors (Lipinski definition) is 2. The number of aliphatic hydroxyl groups excluding tert-OH is 1. The van der Waals surface area contributed by atoms with E-state index in [-0.39, 0.29) is 10.7 Å². The molecule has 21 heavy (non-hydrogen) atoms. The third-order valence-corrected chi connectivity index (χ3v) is 3.17. The molecule has 0 aliphatic rings. The number of ether oxygens (including phenoxy) is 1. The first-order chi connectivity index (χ1) is 10.0. The van der Waals surface area contributed by atoms with Gasteiger partial charge in [0.1, 0.15) is 11.6 Å². The molecule has 6 heteroatoms.